The van der Waals surface area contributed by atoms with Crippen LogP contribution in [0.4, 0.5) is 17.1 Å². The monoisotopic (exact) mass is 717 g/mol. The number of rotatable bonds is 5. The Kier molecular flexibility index (Phi) is 6.60. The van der Waals surface area contributed by atoms with Crippen molar-refractivity contribution in [3.05, 3.63) is 188 Å². The molecule has 9 aromatic carbocycles. The summed E-state index contributed by atoms with van der Waals surface area (Å²) in [5.74, 6) is 0. The van der Waals surface area contributed by atoms with Gasteiger partial charge in [-0.25, -0.2) is 0 Å². The van der Waals surface area contributed by atoms with Gasteiger partial charge in [0.15, 0.2) is 0 Å². The van der Waals surface area contributed by atoms with Crippen LogP contribution in [0, 0.1) is 0 Å². The van der Waals surface area contributed by atoms with Crippen molar-refractivity contribution in [1.29, 1.82) is 0 Å². The van der Waals surface area contributed by atoms with Gasteiger partial charge in [0.1, 0.15) is 33.5 Å². The topological polar surface area (TPSA) is 42.7 Å². The Morgan fingerprint density at radius 2 is 0.714 bits per heavy atom. The van der Waals surface area contributed by atoms with Gasteiger partial charge in [0.2, 0.25) is 0 Å². The van der Waals surface area contributed by atoms with Gasteiger partial charge in [-0.2, -0.15) is 0 Å². The fraction of sp³-hybridized carbons (Fsp3) is 0. The van der Waals surface area contributed by atoms with Gasteiger partial charge in [-0.15, -0.1) is 0 Å². The third kappa shape index (κ3) is 4.73. The molecule has 0 amide bonds. The molecule has 3 aromatic heterocycles. The quantitative estimate of drug-likeness (QED) is 0.178. The van der Waals surface area contributed by atoms with E-state index < -0.39 is 0 Å². The summed E-state index contributed by atoms with van der Waals surface area (Å²) in [6, 6.07) is 66.1. The normalized spacial score (nSPS) is 11.9. The van der Waals surface area contributed by atoms with Crippen molar-refractivity contribution < 1.29 is 13.3 Å². The van der Waals surface area contributed by atoms with Crippen molar-refractivity contribution in [2.24, 2.45) is 0 Å². The van der Waals surface area contributed by atoms with Crippen LogP contribution in [0.15, 0.2) is 201 Å². The molecule has 0 radical (unpaired) electrons. The van der Waals surface area contributed by atoms with Crippen LogP contribution >= 0.6 is 0 Å². The molecular weight excluding hydrogens is 687 g/mol. The zero-order chi connectivity index (χ0) is 36.7. The number of anilines is 3. The zero-order valence-electron chi connectivity index (χ0n) is 30.1. The Bertz CT molecular complexity index is 3380. The van der Waals surface area contributed by atoms with Crippen molar-refractivity contribution in [3.8, 4) is 22.3 Å². The summed E-state index contributed by atoms with van der Waals surface area (Å²) in [4.78, 5) is 2.25. The van der Waals surface area contributed by atoms with E-state index in [4.69, 9.17) is 13.3 Å². The molecule has 0 aliphatic rings. The summed E-state index contributed by atoms with van der Waals surface area (Å²) < 4.78 is 19.5. The third-order valence-electron chi connectivity index (χ3n) is 11.3. The molecule has 4 heteroatoms. The first-order valence-corrected chi connectivity index (χ1v) is 18.9. The molecule has 4 nitrogen and oxygen atoms in total. The summed E-state index contributed by atoms with van der Waals surface area (Å²) in [6.07, 6.45) is 0. The standard InChI is InChI=1S/C52H31NO3/c1-2-10-32(11-3-1)38-16-8-12-33-13-9-17-39(52(33)38)34-20-24-42-45-27-23-37(31-51(45)56-48(42)28-34)53(35-21-25-43-40-14-4-6-18-46(40)54-49(43)29-35)36-22-26-44-41-15-5-7-19-47(41)55-50(44)30-36/h1-31H. The molecule has 0 aliphatic carbocycles. The molecule has 262 valence electrons. The molecule has 0 aliphatic heterocycles. The Balaban J connectivity index is 1.02. The molecule has 0 unspecified atom stereocenters. The molecule has 3 heterocycles. The smallest absolute Gasteiger partial charge is 0.137 e. The van der Waals surface area contributed by atoms with Crippen molar-refractivity contribution >= 4 is 93.7 Å². The van der Waals surface area contributed by atoms with E-state index in [1.807, 2.05) is 24.3 Å². The maximum absolute atomic E-state index is 6.76. The number of hydrogen-bond acceptors (Lipinski definition) is 4. The van der Waals surface area contributed by atoms with Crippen LogP contribution < -0.4 is 4.90 Å². The molecule has 0 spiro atoms. The average Bonchev–Trinajstić information content (AvgIpc) is 3.93. The lowest BCUT2D eigenvalue weighted by Crippen LogP contribution is -2.09. The highest BCUT2D eigenvalue weighted by Gasteiger charge is 2.20. The number of furan rings is 3. The maximum atomic E-state index is 6.76. The van der Waals surface area contributed by atoms with E-state index >= 15 is 0 Å². The van der Waals surface area contributed by atoms with E-state index in [1.54, 1.807) is 0 Å². The van der Waals surface area contributed by atoms with E-state index in [-0.39, 0.29) is 0 Å². The summed E-state index contributed by atoms with van der Waals surface area (Å²) in [5.41, 5.74) is 12.7. The molecule has 0 saturated carbocycles. The lowest BCUT2D eigenvalue weighted by molar-refractivity contribution is 0.669. The summed E-state index contributed by atoms with van der Waals surface area (Å²) in [7, 11) is 0. The van der Waals surface area contributed by atoms with E-state index in [2.05, 4.69) is 169 Å². The molecule has 56 heavy (non-hydrogen) atoms. The SMILES string of the molecule is c1ccc(-c2cccc3cccc(-c4ccc5c(c4)oc4cc(N(c6ccc7c(c6)oc6ccccc67)c6ccc7c(c6)oc6ccccc67)ccc45)c23)cc1. The molecule has 12 rings (SSSR count). The van der Waals surface area contributed by atoms with Gasteiger partial charge in [-0.05, 0) is 93.7 Å². The van der Waals surface area contributed by atoms with Crippen molar-refractivity contribution in [1.82, 2.24) is 0 Å². The second-order valence-electron chi connectivity index (χ2n) is 14.5. The molecule has 12 aromatic rings. The fourth-order valence-electron chi connectivity index (χ4n) is 8.67. The molecule has 0 N–H and O–H groups in total. The first kappa shape index (κ1) is 30.9. The number of fused-ring (bicyclic) bond motifs is 10. The predicted molar refractivity (Wildman–Crippen MR) is 231 cm³/mol. The molecule has 0 atom stereocenters. The van der Waals surface area contributed by atoms with Crippen LogP contribution in [-0.2, 0) is 0 Å². The summed E-state index contributed by atoms with van der Waals surface area (Å²) >= 11 is 0. The van der Waals surface area contributed by atoms with Gasteiger partial charge in [0, 0.05) is 67.6 Å². The average molecular weight is 718 g/mol. The second kappa shape index (κ2) is 12.0. The zero-order valence-corrected chi connectivity index (χ0v) is 30.1. The van der Waals surface area contributed by atoms with Crippen LogP contribution in [0.25, 0.3) is 98.8 Å². The number of benzene rings is 9. The van der Waals surface area contributed by atoms with E-state index in [1.165, 1.54) is 27.5 Å². The van der Waals surface area contributed by atoms with Crippen LogP contribution in [0.5, 0.6) is 0 Å². The lowest BCUT2D eigenvalue weighted by atomic mass is 9.91. The second-order valence-corrected chi connectivity index (χ2v) is 14.5. The van der Waals surface area contributed by atoms with Crippen molar-refractivity contribution in [2.75, 3.05) is 4.90 Å². The summed E-state index contributed by atoms with van der Waals surface area (Å²) in [6.45, 7) is 0. The van der Waals surface area contributed by atoms with Gasteiger partial charge >= 0.3 is 0 Å². The maximum Gasteiger partial charge on any atom is 0.137 e. The van der Waals surface area contributed by atoms with Gasteiger partial charge in [-0.3, -0.25) is 0 Å². The molecule has 0 bridgehead atoms. The molecule has 0 fully saturated rings. The molecular formula is C52H31NO3. The van der Waals surface area contributed by atoms with Crippen LogP contribution in [0.2, 0.25) is 0 Å². The van der Waals surface area contributed by atoms with Crippen LogP contribution in [0.3, 0.4) is 0 Å². The van der Waals surface area contributed by atoms with Crippen molar-refractivity contribution in [2.45, 2.75) is 0 Å². The molecule has 0 saturated heterocycles. The first-order chi connectivity index (χ1) is 27.7. The minimum absolute atomic E-state index is 0.817. The van der Waals surface area contributed by atoms with E-state index in [0.29, 0.717) is 0 Å². The highest BCUT2D eigenvalue weighted by molar-refractivity contribution is 6.11. The van der Waals surface area contributed by atoms with E-state index in [9.17, 15) is 0 Å². The Labute approximate surface area is 321 Å². The highest BCUT2D eigenvalue weighted by atomic mass is 16.3. The van der Waals surface area contributed by atoms with E-state index in [0.717, 1.165) is 88.4 Å². The van der Waals surface area contributed by atoms with Gasteiger partial charge in [0.25, 0.3) is 0 Å². The predicted octanol–water partition coefficient (Wildman–Crippen LogP) is 15.3. The minimum Gasteiger partial charge on any atom is -0.456 e. The highest BCUT2D eigenvalue weighted by Crippen LogP contribution is 2.44. The van der Waals surface area contributed by atoms with Gasteiger partial charge in [0.05, 0.1) is 0 Å². The van der Waals surface area contributed by atoms with Crippen LogP contribution in [0.1, 0.15) is 0 Å². The van der Waals surface area contributed by atoms with Crippen LogP contribution in [-0.4, -0.2) is 0 Å². The summed E-state index contributed by atoms with van der Waals surface area (Å²) in [5, 5.41) is 8.97. The minimum atomic E-state index is 0.817. The number of hydrogen-bond donors (Lipinski definition) is 0. The number of para-hydroxylation sites is 2. The van der Waals surface area contributed by atoms with Crippen molar-refractivity contribution in [3.63, 3.8) is 0 Å². The Hall–Kier alpha value is -7.56. The Morgan fingerprint density at radius 3 is 1.27 bits per heavy atom. The fourth-order valence-corrected chi connectivity index (χ4v) is 8.67. The number of nitrogens with zero attached hydrogens (tertiary/aromatic N) is 1. The third-order valence-corrected chi connectivity index (χ3v) is 11.3. The van der Waals surface area contributed by atoms with Gasteiger partial charge < -0.3 is 18.2 Å². The van der Waals surface area contributed by atoms with Gasteiger partial charge in [-0.1, -0.05) is 109 Å². The largest absolute Gasteiger partial charge is 0.456 e. The Morgan fingerprint density at radius 1 is 0.286 bits per heavy atom. The lowest BCUT2D eigenvalue weighted by Gasteiger charge is -2.25. The first-order valence-electron chi connectivity index (χ1n) is 18.9.